The topological polar surface area (TPSA) is 38.8 Å². The SMILES string of the molecule is CCN(Cc1ccc(OC)c(OC)c1)C(=O)CC(C)c1ccccc1. The molecule has 0 N–H and O–H groups in total. The summed E-state index contributed by atoms with van der Waals surface area (Å²) in [5.74, 6) is 1.74. The first-order chi connectivity index (χ1) is 12.1. The lowest BCUT2D eigenvalue weighted by Crippen LogP contribution is -2.31. The summed E-state index contributed by atoms with van der Waals surface area (Å²) in [6.07, 6.45) is 0.505. The van der Waals surface area contributed by atoms with Crippen LogP contribution in [0.5, 0.6) is 11.5 Å². The second-order valence-corrected chi connectivity index (χ2v) is 6.11. The molecule has 4 nitrogen and oxygen atoms in total. The monoisotopic (exact) mass is 341 g/mol. The minimum absolute atomic E-state index is 0.161. The van der Waals surface area contributed by atoms with Crippen LogP contribution in [0.4, 0.5) is 0 Å². The summed E-state index contributed by atoms with van der Waals surface area (Å²) >= 11 is 0. The van der Waals surface area contributed by atoms with Crippen LogP contribution in [-0.2, 0) is 11.3 Å². The molecule has 1 unspecified atom stereocenters. The van der Waals surface area contributed by atoms with Gasteiger partial charge in [-0.2, -0.15) is 0 Å². The molecule has 0 bridgehead atoms. The minimum Gasteiger partial charge on any atom is -0.493 e. The van der Waals surface area contributed by atoms with E-state index in [2.05, 4.69) is 19.1 Å². The summed E-state index contributed by atoms with van der Waals surface area (Å²) in [5, 5.41) is 0. The van der Waals surface area contributed by atoms with Gasteiger partial charge in [0.1, 0.15) is 0 Å². The van der Waals surface area contributed by atoms with Gasteiger partial charge in [0.15, 0.2) is 11.5 Å². The third-order valence-corrected chi connectivity index (χ3v) is 4.41. The van der Waals surface area contributed by atoms with Gasteiger partial charge in [0, 0.05) is 19.5 Å². The summed E-state index contributed by atoms with van der Waals surface area (Å²) in [4.78, 5) is 14.6. The van der Waals surface area contributed by atoms with E-state index in [9.17, 15) is 4.79 Å². The molecule has 0 aliphatic heterocycles. The molecule has 0 radical (unpaired) electrons. The Morgan fingerprint density at radius 2 is 1.72 bits per heavy atom. The van der Waals surface area contributed by atoms with Gasteiger partial charge in [0.25, 0.3) is 0 Å². The van der Waals surface area contributed by atoms with E-state index in [1.165, 1.54) is 5.56 Å². The fourth-order valence-corrected chi connectivity index (χ4v) is 2.87. The Morgan fingerprint density at radius 3 is 2.32 bits per heavy atom. The van der Waals surface area contributed by atoms with Crippen molar-refractivity contribution in [1.82, 2.24) is 4.90 Å². The number of ether oxygens (including phenoxy) is 2. The largest absolute Gasteiger partial charge is 0.493 e. The summed E-state index contributed by atoms with van der Waals surface area (Å²) < 4.78 is 10.6. The van der Waals surface area contributed by atoms with E-state index < -0.39 is 0 Å². The Labute approximate surface area is 150 Å². The number of nitrogens with zero attached hydrogens (tertiary/aromatic N) is 1. The highest BCUT2D eigenvalue weighted by molar-refractivity contribution is 5.77. The molecule has 4 heteroatoms. The van der Waals surface area contributed by atoms with Crippen molar-refractivity contribution in [3.63, 3.8) is 0 Å². The van der Waals surface area contributed by atoms with Crippen molar-refractivity contribution < 1.29 is 14.3 Å². The molecular formula is C21H27NO3. The first-order valence-electron chi connectivity index (χ1n) is 8.62. The van der Waals surface area contributed by atoms with Crippen LogP contribution in [0.25, 0.3) is 0 Å². The maximum atomic E-state index is 12.7. The van der Waals surface area contributed by atoms with Gasteiger partial charge in [0.2, 0.25) is 5.91 Å². The van der Waals surface area contributed by atoms with Crippen molar-refractivity contribution in [2.24, 2.45) is 0 Å². The Morgan fingerprint density at radius 1 is 1.04 bits per heavy atom. The number of methoxy groups -OCH3 is 2. The highest BCUT2D eigenvalue weighted by Gasteiger charge is 2.17. The van der Waals surface area contributed by atoms with Gasteiger partial charge in [-0.05, 0) is 36.1 Å². The fraction of sp³-hybridized carbons (Fsp3) is 0.381. The highest BCUT2D eigenvalue weighted by atomic mass is 16.5. The van der Waals surface area contributed by atoms with Gasteiger partial charge >= 0.3 is 0 Å². The van der Waals surface area contributed by atoms with Gasteiger partial charge in [-0.25, -0.2) is 0 Å². The highest BCUT2D eigenvalue weighted by Crippen LogP contribution is 2.28. The zero-order chi connectivity index (χ0) is 18.2. The maximum Gasteiger partial charge on any atom is 0.223 e. The summed E-state index contributed by atoms with van der Waals surface area (Å²) in [6, 6.07) is 15.9. The van der Waals surface area contributed by atoms with Gasteiger partial charge in [-0.1, -0.05) is 43.3 Å². The average molecular weight is 341 g/mol. The molecule has 0 spiro atoms. The van der Waals surface area contributed by atoms with E-state index in [1.807, 2.05) is 48.2 Å². The van der Waals surface area contributed by atoms with Gasteiger partial charge in [0.05, 0.1) is 14.2 Å². The predicted octanol–water partition coefficient (Wildman–Crippen LogP) is 4.25. The van der Waals surface area contributed by atoms with Crippen molar-refractivity contribution in [3.8, 4) is 11.5 Å². The second-order valence-electron chi connectivity index (χ2n) is 6.11. The molecule has 25 heavy (non-hydrogen) atoms. The smallest absolute Gasteiger partial charge is 0.223 e. The number of amides is 1. The van der Waals surface area contributed by atoms with Crippen LogP contribution in [0.1, 0.15) is 37.3 Å². The molecule has 0 aliphatic carbocycles. The van der Waals surface area contributed by atoms with E-state index in [-0.39, 0.29) is 11.8 Å². The summed E-state index contributed by atoms with van der Waals surface area (Å²) in [7, 11) is 3.23. The lowest BCUT2D eigenvalue weighted by Gasteiger charge is -2.23. The van der Waals surface area contributed by atoms with Crippen molar-refractivity contribution in [3.05, 3.63) is 59.7 Å². The Kier molecular flexibility index (Phi) is 6.87. The fourth-order valence-electron chi connectivity index (χ4n) is 2.87. The maximum absolute atomic E-state index is 12.7. The molecule has 0 saturated carbocycles. The third-order valence-electron chi connectivity index (χ3n) is 4.41. The quantitative estimate of drug-likeness (QED) is 0.721. The average Bonchev–Trinajstić information content (AvgIpc) is 2.66. The number of rotatable bonds is 8. The lowest BCUT2D eigenvalue weighted by atomic mass is 9.97. The Hall–Kier alpha value is -2.49. The van der Waals surface area contributed by atoms with Crippen molar-refractivity contribution in [2.45, 2.75) is 32.7 Å². The predicted molar refractivity (Wildman–Crippen MR) is 100 cm³/mol. The third kappa shape index (κ3) is 4.99. The van der Waals surface area contributed by atoms with E-state index in [4.69, 9.17) is 9.47 Å². The lowest BCUT2D eigenvalue weighted by molar-refractivity contribution is -0.131. The first kappa shape index (κ1) is 18.8. The van der Waals surface area contributed by atoms with Crippen LogP contribution in [-0.4, -0.2) is 31.6 Å². The number of hydrogen-bond donors (Lipinski definition) is 0. The van der Waals surface area contributed by atoms with Crippen LogP contribution in [0.15, 0.2) is 48.5 Å². The van der Waals surface area contributed by atoms with E-state index in [0.29, 0.717) is 31.0 Å². The number of hydrogen-bond acceptors (Lipinski definition) is 3. The number of carbonyl (C=O) groups is 1. The molecule has 0 saturated heterocycles. The van der Waals surface area contributed by atoms with E-state index >= 15 is 0 Å². The molecule has 0 aliphatic rings. The van der Waals surface area contributed by atoms with Gasteiger partial charge < -0.3 is 14.4 Å². The normalized spacial score (nSPS) is 11.7. The molecule has 2 aromatic carbocycles. The molecule has 2 rings (SSSR count). The molecule has 0 aromatic heterocycles. The molecule has 0 fully saturated rings. The molecule has 1 amide bonds. The van der Waals surface area contributed by atoms with Crippen molar-refractivity contribution in [2.75, 3.05) is 20.8 Å². The molecular weight excluding hydrogens is 314 g/mol. The summed E-state index contributed by atoms with van der Waals surface area (Å²) in [6.45, 7) is 5.34. The van der Waals surface area contributed by atoms with Crippen LogP contribution < -0.4 is 9.47 Å². The molecule has 1 atom stereocenters. The zero-order valence-corrected chi connectivity index (χ0v) is 15.5. The minimum atomic E-state index is 0.161. The van der Waals surface area contributed by atoms with Gasteiger partial charge in [-0.15, -0.1) is 0 Å². The summed E-state index contributed by atoms with van der Waals surface area (Å²) in [5.41, 5.74) is 2.22. The molecule has 0 heterocycles. The number of benzene rings is 2. The van der Waals surface area contributed by atoms with Crippen LogP contribution in [0.3, 0.4) is 0 Å². The number of carbonyl (C=O) groups excluding carboxylic acids is 1. The van der Waals surface area contributed by atoms with Crippen LogP contribution in [0.2, 0.25) is 0 Å². The standard InChI is InChI=1S/C21H27NO3/c1-5-22(15-17-11-12-19(24-3)20(14-17)25-4)21(23)13-16(2)18-9-7-6-8-10-18/h6-12,14,16H,5,13,15H2,1-4H3. The Bertz CT molecular complexity index is 685. The van der Waals surface area contributed by atoms with E-state index in [1.54, 1.807) is 14.2 Å². The Balaban J connectivity index is 2.05. The van der Waals surface area contributed by atoms with Gasteiger partial charge in [-0.3, -0.25) is 4.79 Å². The second kappa shape index (κ2) is 9.11. The van der Waals surface area contributed by atoms with Crippen LogP contribution >= 0.6 is 0 Å². The zero-order valence-electron chi connectivity index (χ0n) is 15.5. The van der Waals surface area contributed by atoms with Crippen molar-refractivity contribution >= 4 is 5.91 Å². The first-order valence-corrected chi connectivity index (χ1v) is 8.62. The van der Waals surface area contributed by atoms with E-state index in [0.717, 1.165) is 5.56 Å². The van der Waals surface area contributed by atoms with Crippen LogP contribution in [0, 0.1) is 0 Å². The molecule has 2 aromatic rings. The van der Waals surface area contributed by atoms with Crippen molar-refractivity contribution in [1.29, 1.82) is 0 Å². The molecule has 134 valence electrons.